The van der Waals surface area contributed by atoms with Gasteiger partial charge < -0.3 is 5.73 Å². The van der Waals surface area contributed by atoms with Crippen molar-refractivity contribution in [2.45, 2.75) is 38.0 Å². The first-order chi connectivity index (χ1) is 9.39. The summed E-state index contributed by atoms with van der Waals surface area (Å²) in [5.74, 6) is 1.11. The van der Waals surface area contributed by atoms with Gasteiger partial charge in [-0.3, -0.25) is 0 Å². The summed E-state index contributed by atoms with van der Waals surface area (Å²) in [5, 5.41) is 0. The molecule has 0 amide bonds. The molecule has 5 heteroatoms. The molecule has 1 aliphatic heterocycles. The molecule has 3 rings (SSSR count). The Labute approximate surface area is 121 Å². The van der Waals surface area contributed by atoms with Gasteiger partial charge in [0.05, 0.1) is 5.69 Å². The van der Waals surface area contributed by atoms with Gasteiger partial charge in [-0.2, -0.15) is 4.31 Å². The van der Waals surface area contributed by atoms with E-state index in [0.717, 1.165) is 11.1 Å². The minimum Gasteiger partial charge on any atom is -0.398 e. The third-order valence-electron chi connectivity index (χ3n) is 4.94. The Morgan fingerprint density at radius 2 is 1.65 bits per heavy atom. The molecule has 1 aliphatic carbocycles. The van der Waals surface area contributed by atoms with E-state index in [9.17, 15) is 8.42 Å². The van der Waals surface area contributed by atoms with E-state index in [4.69, 9.17) is 5.73 Å². The zero-order chi connectivity index (χ0) is 14.5. The number of aryl methyl sites for hydroxylation is 2. The van der Waals surface area contributed by atoms with Crippen LogP contribution in [0.15, 0.2) is 17.0 Å². The van der Waals surface area contributed by atoms with Crippen LogP contribution in [-0.2, 0) is 10.0 Å². The molecular formula is C15H22N2O2S. The summed E-state index contributed by atoms with van der Waals surface area (Å²) in [4.78, 5) is 0.278. The average molecular weight is 294 g/mol. The lowest BCUT2D eigenvalue weighted by atomic mass is 10.0. The third kappa shape index (κ3) is 2.13. The van der Waals surface area contributed by atoms with Gasteiger partial charge in [-0.25, -0.2) is 8.42 Å². The van der Waals surface area contributed by atoms with E-state index >= 15 is 0 Å². The normalized spacial score (nSPS) is 26.9. The lowest BCUT2D eigenvalue weighted by Gasteiger charge is -2.19. The van der Waals surface area contributed by atoms with Gasteiger partial charge in [0, 0.05) is 13.1 Å². The van der Waals surface area contributed by atoms with Crippen LogP contribution >= 0.6 is 0 Å². The largest absolute Gasteiger partial charge is 0.398 e. The van der Waals surface area contributed by atoms with E-state index < -0.39 is 10.0 Å². The van der Waals surface area contributed by atoms with Crippen molar-refractivity contribution in [3.63, 3.8) is 0 Å². The summed E-state index contributed by atoms with van der Waals surface area (Å²) >= 11 is 0. The van der Waals surface area contributed by atoms with Gasteiger partial charge in [-0.15, -0.1) is 0 Å². The van der Waals surface area contributed by atoms with Crippen molar-refractivity contribution >= 4 is 15.7 Å². The second kappa shape index (κ2) is 4.74. The lowest BCUT2D eigenvalue weighted by Crippen LogP contribution is -2.30. The third-order valence-corrected chi connectivity index (χ3v) is 6.82. The highest BCUT2D eigenvalue weighted by Crippen LogP contribution is 2.40. The predicted molar refractivity (Wildman–Crippen MR) is 79.9 cm³/mol. The van der Waals surface area contributed by atoms with Gasteiger partial charge in [0.15, 0.2) is 0 Å². The average Bonchev–Trinajstić information content (AvgIpc) is 2.94. The predicted octanol–water partition coefficient (Wildman–Crippen LogP) is 2.31. The molecule has 2 N–H and O–H groups in total. The first-order valence-electron chi connectivity index (χ1n) is 7.26. The van der Waals surface area contributed by atoms with E-state index in [1.807, 2.05) is 13.8 Å². The van der Waals surface area contributed by atoms with E-state index in [1.165, 1.54) is 19.3 Å². The molecule has 1 saturated carbocycles. The lowest BCUT2D eigenvalue weighted by molar-refractivity contribution is 0.445. The maximum absolute atomic E-state index is 12.8. The van der Waals surface area contributed by atoms with Crippen molar-refractivity contribution < 1.29 is 8.42 Å². The van der Waals surface area contributed by atoms with Crippen molar-refractivity contribution in [1.82, 2.24) is 4.31 Å². The van der Waals surface area contributed by atoms with Gasteiger partial charge in [0.2, 0.25) is 10.0 Å². The molecule has 2 fully saturated rings. The van der Waals surface area contributed by atoms with Crippen molar-refractivity contribution in [2.24, 2.45) is 11.8 Å². The topological polar surface area (TPSA) is 63.4 Å². The number of rotatable bonds is 2. The summed E-state index contributed by atoms with van der Waals surface area (Å²) in [6.07, 6.45) is 3.58. The maximum atomic E-state index is 12.8. The van der Waals surface area contributed by atoms with Crippen LogP contribution < -0.4 is 5.73 Å². The fraction of sp³-hybridized carbons (Fsp3) is 0.600. The Balaban J connectivity index is 1.95. The van der Waals surface area contributed by atoms with Crippen LogP contribution in [0.2, 0.25) is 0 Å². The van der Waals surface area contributed by atoms with Gasteiger partial charge >= 0.3 is 0 Å². The van der Waals surface area contributed by atoms with Crippen molar-refractivity contribution in [3.05, 3.63) is 23.3 Å². The summed E-state index contributed by atoms with van der Waals surface area (Å²) in [7, 11) is -3.44. The highest BCUT2D eigenvalue weighted by atomic mass is 32.2. The molecule has 0 bridgehead atoms. The molecule has 20 heavy (non-hydrogen) atoms. The van der Waals surface area contributed by atoms with Crippen LogP contribution in [0, 0.1) is 25.7 Å². The fourth-order valence-electron chi connectivity index (χ4n) is 3.56. The Kier molecular flexibility index (Phi) is 3.29. The molecule has 0 aromatic heterocycles. The quantitative estimate of drug-likeness (QED) is 0.851. The SMILES string of the molecule is Cc1cc(N)c(S(=O)(=O)N2CC3CCCC3C2)cc1C. The first-order valence-corrected chi connectivity index (χ1v) is 8.70. The second-order valence-electron chi connectivity index (χ2n) is 6.25. The molecule has 0 radical (unpaired) electrons. The Morgan fingerprint density at radius 1 is 1.10 bits per heavy atom. The minimum atomic E-state index is -3.44. The fourth-order valence-corrected chi connectivity index (χ4v) is 5.30. The van der Waals surface area contributed by atoms with Crippen LogP contribution in [0.3, 0.4) is 0 Å². The molecule has 2 aliphatic rings. The Hall–Kier alpha value is -1.07. The summed E-state index contributed by atoms with van der Waals surface area (Å²) < 4.78 is 27.2. The van der Waals surface area contributed by atoms with Crippen LogP contribution in [0.4, 0.5) is 5.69 Å². The van der Waals surface area contributed by atoms with E-state index in [1.54, 1.807) is 16.4 Å². The van der Waals surface area contributed by atoms with Gasteiger partial charge in [-0.05, 0) is 61.8 Å². The minimum absolute atomic E-state index is 0.278. The van der Waals surface area contributed by atoms with E-state index in [0.29, 0.717) is 30.6 Å². The van der Waals surface area contributed by atoms with Crippen LogP contribution in [0.5, 0.6) is 0 Å². The van der Waals surface area contributed by atoms with Crippen molar-refractivity contribution in [2.75, 3.05) is 18.8 Å². The summed E-state index contributed by atoms with van der Waals surface area (Å²) in [6.45, 7) is 5.20. The zero-order valence-electron chi connectivity index (χ0n) is 12.1. The number of hydrogen-bond acceptors (Lipinski definition) is 3. The number of nitrogens with two attached hydrogens (primary N) is 1. The molecule has 0 spiro atoms. The van der Waals surface area contributed by atoms with Crippen LogP contribution in [0.1, 0.15) is 30.4 Å². The van der Waals surface area contributed by atoms with Crippen molar-refractivity contribution in [1.29, 1.82) is 0 Å². The highest BCUT2D eigenvalue weighted by Gasteiger charge is 2.41. The highest BCUT2D eigenvalue weighted by molar-refractivity contribution is 7.89. The first kappa shape index (κ1) is 13.9. The number of benzene rings is 1. The number of hydrogen-bond donors (Lipinski definition) is 1. The Bertz CT molecular complexity index is 628. The standard InChI is InChI=1S/C15H22N2O2S/c1-10-6-14(16)15(7-11(10)2)20(18,19)17-8-12-4-3-5-13(12)9-17/h6-7,12-13H,3-5,8-9,16H2,1-2H3. The molecule has 4 nitrogen and oxygen atoms in total. The number of nitrogens with zero attached hydrogens (tertiary/aromatic N) is 1. The molecule has 1 heterocycles. The molecule has 1 aromatic rings. The second-order valence-corrected chi connectivity index (χ2v) is 8.15. The molecule has 1 saturated heterocycles. The monoisotopic (exact) mass is 294 g/mol. The number of fused-ring (bicyclic) bond motifs is 1. The van der Waals surface area contributed by atoms with E-state index in [-0.39, 0.29) is 4.90 Å². The van der Waals surface area contributed by atoms with Gasteiger partial charge in [0.25, 0.3) is 0 Å². The Morgan fingerprint density at radius 3 is 2.25 bits per heavy atom. The summed E-state index contributed by atoms with van der Waals surface area (Å²) in [5.41, 5.74) is 8.32. The van der Waals surface area contributed by atoms with Crippen LogP contribution in [0.25, 0.3) is 0 Å². The van der Waals surface area contributed by atoms with Crippen molar-refractivity contribution in [3.8, 4) is 0 Å². The number of anilines is 1. The molecule has 1 aromatic carbocycles. The number of sulfonamides is 1. The van der Waals surface area contributed by atoms with Gasteiger partial charge in [-0.1, -0.05) is 6.42 Å². The van der Waals surface area contributed by atoms with Crippen LogP contribution in [-0.4, -0.2) is 25.8 Å². The molecule has 110 valence electrons. The summed E-state index contributed by atoms with van der Waals surface area (Å²) in [6, 6.07) is 3.48. The zero-order valence-corrected chi connectivity index (χ0v) is 12.9. The molecule has 2 unspecified atom stereocenters. The van der Waals surface area contributed by atoms with E-state index in [2.05, 4.69) is 0 Å². The molecular weight excluding hydrogens is 272 g/mol. The molecule has 2 atom stereocenters. The number of nitrogen functional groups attached to an aromatic ring is 1. The maximum Gasteiger partial charge on any atom is 0.245 e. The van der Waals surface area contributed by atoms with Gasteiger partial charge in [0.1, 0.15) is 4.90 Å². The smallest absolute Gasteiger partial charge is 0.245 e.